The van der Waals surface area contributed by atoms with Crippen LogP contribution in [0, 0.1) is 11.8 Å². The van der Waals surface area contributed by atoms with Gasteiger partial charge in [0, 0.05) is 13.1 Å². The van der Waals surface area contributed by atoms with Gasteiger partial charge in [-0.1, -0.05) is 0 Å². The third kappa shape index (κ3) is 5.08. The van der Waals surface area contributed by atoms with E-state index < -0.39 is 40.3 Å². The molecule has 0 saturated carbocycles. The van der Waals surface area contributed by atoms with Crippen molar-refractivity contribution in [1.82, 2.24) is 10.2 Å². The maximum Gasteiger partial charge on any atom is 0.405 e. The molecule has 132 valence electrons. The molecular formula is C13H19F3N2O4S. The second-order valence-electron chi connectivity index (χ2n) is 6.06. The lowest BCUT2D eigenvalue weighted by molar-refractivity contribution is -0.144. The molecule has 1 N–H and O–H groups in total. The summed E-state index contributed by atoms with van der Waals surface area (Å²) >= 11 is 0. The van der Waals surface area contributed by atoms with E-state index in [-0.39, 0.29) is 30.4 Å². The van der Waals surface area contributed by atoms with Crippen molar-refractivity contribution in [3.63, 3.8) is 0 Å². The number of nitrogens with zero attached hydrogens (tertiary/aromatic N) is 1. The molecule has 2 heterocycles. The molecular weight excluding hydrogens is 337 g/mol. The molecule has 6 nitrogen and oxygen atoms in total. The lowest BCUT2D eigenvalue weighted by Crippen LogP contribution is -2.48. The SMILES string of the molecule is O=C(NCC(F)(F)F)[C@H]1CCCN(C(=O)[C@@H]2CCS(=O)(=O)C2)C1. The molecule has 10 heteroatoms. The number of sulfone groups is 1. The summed E-state index contributed by atoms with van der Waals surface area (Å²) < 4.78 is 59.3. The first-order valence-corrected chi connectivity index (χ1v) is 9.23. The molecule has 0 unspecified atom stereocenters. The zero-order valence-corrected chi connectivity index (χ0v) is 13.3. The highest BCUT2D eigenvalue weighted by Crippen LogP contribution is 2.24. The molecule has 2 atom stereocenters. The normalized spacial score (nSPS) is 27.7. The molecule has 2 aliphatic rings. The maximum absolute atomic E-state index is 12.3. The van der Waals surface area contributed by atoms with E-state index in [0.29, 0.717) is 19.4 Å². The molecule has 23 heavy (non-hydrogen) atoms. The number of halogens is 3. The Balaban J connectivity index is 1.90. The molecule has 2 aliphatic heterocycles. The summed E-state index contributed by atoms with van der Waals surface area (Å²) in [6.45, 7) is -0.950. The van der Waals surface area contributed by atoms with E-state index in [9.17, 15) is 31.2 Å². The summed E-state index contributed by atoms with van der Waals surface area (Å²) in [5.41, 5.74) is 0. The first-order valence-electron chi connectivity index (χ1n) is 7.41. The van der Waals surface area contributed by atoms with Crippen molar-refractivity contribution in [1.29, 1.82) is 0 Å². The summed E-state index contributed by atoms with van der Waals surface area (Å²) in [6, 6.07) is 0. The number of likely N-dealkylation sites (tertiary alicyclic amines) is 1. The van der Waals surface area contributed by atoms with Gasteiger partial charge >= 0.3 is 6.18 Å². The Morgan fingerprint density at radius 2 is 1.87 bits per heavy atom. The second kappa shape index (κ2) is 6.66. The minimum absolute atomic E-state index is 0.0211. The molecule has 0 bridgehead atoms. The van der Waals surface area contributed by atoms with Gasteiger partial charge < -0.3 is 10.2 Å². The number of nitrogens with one attached hydrogen (secondary N) is 1. The van der Waals surface area contributed by atoms with Gasteiger partial charge in [-0.2, -0.15) is 13.2 Å². The fraction of sp³-hybridized carbons (Fsp3) is 0.846. The van der Waals surface area contributed by atoms with E-state index in [0.717, 1.165) is 0 Å². The molecule has 2 saturated heterocycles. The standard InChI is InChI=1S/C13H19F3N2O4S/c14-13(15,16)8-17-11(19)9-2-1-4-18(6-9)12(20)10-3-5-23(21,22)7-10/h9-10H,1-8H2,(H,17,19)/t9-,10+/m0/s1. The molecule has 0 aliphatic carbocycles. The van der Waals surface area contributed by atoms with E-state index in [4.69, 9.17) is 0 Å². The summed E-state index contributed by atoms with van der Waals surface area (Å²) in [5, 5.41) is 1.84. The first-order chi connectivity index (χ1) is 10.6. The third-order valence-electron chi connectivity index (χ3n) is 4.15. The highest BCUT2D eigenvalue weighted by molar-refractivity contribution is 7.91. The Hall–Kier alpha value is -1.32. The number of carbonyl (C=O) groups is 2. The number of hydrogen-bond donors (Lipinski definition) is 1. The Labute approximate surface area is 132 Å². The van der Waals surface area contributed by atoms with E-state index in [2.05, 4.69) is 0 Å². The zero-order chi connectivity index (χ0) is 17.3. The fourth-order valence-electron chi connectivity index (χ4n) is 2.97. The van der Waals surface area contributed by atoms with Gasteiger partial charge in [-0.05, 0) is 19.3 Å². The fourth-order valence-corrected chi connectivity index (χ4v) is 4.70. The summed E-state index contributed by atoms with van der Waals surface area (Å²) in [6.07, 6.45) is -3.29. The average molecular weight is 356 g/mol. The lowest BCUT2D eigenvalue weighted by Gasteiger charge is -2.33. The Bertz CT molecular complexity index is 576. The van der Waals surface area contributed by atoms with E-state index in [1.165, 1.54) is 4.90 Å². The molecule has 2 rings (SSSR count). The quantitative estimate of drug-likeness (QED) is 0.790. The number of piperidine rings is 1. The van der Waals surface area contributed by atoms with Gasteiger partial charge in [-0.3, -0.25) is 9.59 Å². The van der Waals surface area contributed by atoms with Crippen molar-refractivity contribution >= 4 is 21.7 Å². The Morgan fingerprint density at radius 1 is 1.17 bits per heavy atom. The predicted octanol–water partition coefficient (Wildman–Crippen LogP) is 0.338. The van der Waals surface area contributed by atoms with Crippen LogP contribution in [0.25, 0.3) is 0 Å². The van der Waals surface area contributed by atoms with Gasteiger partial charge in [0.2, 0.25) is 11.8 Å². The predicted molar refractivity (Wildman–Crippen MR) is 75.1 cm³/mol. The first kappa shape index (κ1) is 18.0. The van der Waals surface area contributed by atoms with E-state index in [1.807, 2.05) is 5.32 Å². The maximum atomic E-state index is 12.3. The van der Waals surface area contributed by atoms with Crippen molar-refractivity contribution in [2.24, 2.45) is 11.8 Å². The van der Waals surface area contributed by atoms with Crippen LogP contribution in [-0.2, 0) is 19.4 Å². The minimum Gasteiger partial charge on any atom is -0.347 e. The minimum atomic E-state index is -4.47. The van der Waals surface area contributed by atoms with Crippen molar-refractivity contribution in [3.05, 3.63) is 0 Å². The number of rotatable bonds is 3. The van der Waals surface area contributed by atoms with Crippen molar-refractivity contribution < 1.29 is 31.2 Å². The monoisotopic (exact) mass is 356 g/mol. The summed E-state index contributed by atoms with van der Waals surface area (Å²) in [7, 11) is -3.19. The molecule has 0 aromatic rings. The van der Waals surface area contributed by atoms with Gasteiger partial charge in [0.25, 0.3) is 0 Å². The van der Waals surface area contributed by atoms with Crippen LogP contribution in [0.5, 0.6) is 0 Å². The molecule has 2 fully saturated rings. The molecule has 2 amide bonds. The number of carbonyl (C=O) groups excluding carboxylic acids is 2. The van der Waals surface area contributed by atoms with E-state index in [1.54, 1.807) is 0 Å². The van der Waals surface area contributed by atoms with Crippen LogP contribution < -0.4 is 5.32 Å². The van der Waals surface area contributed by atoms with Gasteiger partial charge in [-0.25, -0.2) is 8.42 Å². The number of alkyl halides is 3. The van der Waals surface area contributed by atoms with Crippen LogP contribution in [0.2, 0.25) is 0 Å². The van der Waals surface area contributed by atoms with Crippen LogP contribution >= 0.6 is 0 Å². The highest BCUT2D eigenvalue weighted by Gasteiger charge is 2.38. The molecule has 0 radical (unpaired) electrons. The van der Waals surface area contributed by atoms with Crippen LogP contribution in [0.3, 0.4) is 0 Å². The van der Waals surface area contributed by atoms with Gasteiger partial charge in [0.05, 0.1) is 23.3 Å². The largest absolute Gasteiger partial charge is 0.405 e. The molecule has 0 spiro atoms. The number of hydrogen-bond acceptors (Lipinski definition) is 4. The topological polar surface area (TPSA) is 83.6 Å². The Morgan fingerprint density at radius 3 is 2.43 bits per heavy atom. The lowest BCUT2D eigenvalue weighted by atomic mass is 9.95. The highest BCUT2D eigenvalue weighted by atomic mass is 32.2. The summed E-state index contributed by atoms with van der Waals surface area (Å²) in [5.74, 6) is -2.54. The van der Waals surface area contributed by atoms with Gasteiger partial charge in [0.15, 0.2) is 9.84 Å². The average Bonchev–Trinajstić information content (AvgIpc) is 2.83. The molecule has 0 aromatic heterocycles. The van der Waals surface area contributed by atoms with Crippen molar-refractivity contribution in [2.75, 3.05) is 31.1 Å². The zero-order valence-electron chi connectivity index (χ0n) is 12.4. The van der Waals surface area contributed by atoms with E-state index >= 15 is 0 Å². The van der Waals surface area contributed by atoms with Gasteiger partial charge in [0.1, 0.15) is 6.54 Å². The van der Waals surface area contributed by atoms with Crippen LogP contribution in [0.15, 0.2) is 0 Å². The smallest absolute Gasteiger partial charge is 0.347 e. The van der Waals surface area contributed by atoms with Crippen LogP contribution in [0.4, 0.5) is 13.2 Å². The Kier molecular flexibility index (Phi) is 5.22. The van der Waals surface area contributed by atoms with Crippen molar-refractivity contribution in [2.45, 2.75) is 25.4 Å². The van der Waals surface area contributed by atoms with Crippen LogP contribution in [-0.4, -0.2) is 62.4 Å². The third-order valence-corrected chi connectivity index (χ3v) is 5.92. The van der Waals surface area contributed by atoms with Crippen LogP contribution in [0.1, 0.15) is 19.3 Å². The second-order valence-corrected chi connectivity index (χ2v) is 8.29. The number of amides is 2. The van der Waals surface area contributed by atoms with Gasteiger partial charge in [-0.15, -0.1) is 0 Å². The molecule has 0 aromatic carbocycles. The van der Waals surface area contributed by atoms with Crippen molar-refractivity contribution in [3.8, 4) is 0 Å². The summed E-state index contributed by atoms with van der Waals surface area (Å²) in [4.78, 5) is 25.5.